The maximum absolute atomic E-state index is 12.9. The first kappa shape index (κ1) is 17.7. The molecule has 0 amide bonds. The normalized spacial score (nSPS) is 13.9. The minimum Gasteiger partial charge on any atom is -0.389 e. The standard InChI is InChI=1S/C14H20F3N3S/c1-8(13(2,3)4)20(5)12-9(11(18)21)6-7-10(19-12)14(15,16)17/h6-8H,1-5H3,(H2,18,21). The van der Waals surface area contributed by atoms with Gasteiger partial charge in [-0.2, -0.15) is 13.2 Å². The van der Waals surface area contributed by atoms with E-state index >= 15 is 0 Å². The van der Waals surface area contributed by atoms with Gasteiger partial charge < -0.3 is 10.6 Å². The highest BCUT2D eigenvalue weighted by molar-refractivity contribution is 7.80. The number of hydrogen-bond acceptors (Lipinski definition) is 3. The number of nitrogens with two attached hydrogens (primary N) is 1. The molecule has 0 aromatic carbocycles. The number of anilines is 1. The number of thiocarbonyl (C=S) groups is 1. The molecule has 2 N–H and O–H groups in total. The van der Waals surface area contributed by atoms with Crippen molar-refractivity contribution in [3.8, 4) is 0 Å². The number of pyridine rings is 1. The van der Waals surface area contributed by atoms with Crippen LogP contribution in [0.1, 0.15) is 39.0 Å². The van der Waals surface area contributed by atoms with E-state index in [-0.39, 0.29) is 22.3 Å². The fourth-order valence-electron chi connectivity index (χ4n) is 1.83. The number of aromatic nitrogens is 1. The highest BCUT2D eigenvalue weighted by Crippen LogP contribution is 2.33. The molecule has 0 saturated heterocycles. The van der Waals surface area contributed by atoms with Crippen LogP contribution in [-0.4, -0.2) is 23.1 Å². The Labute approximate surface area is 128 Å². The highest BCUT2D eigenvalue weighted by atomic mass is 32.1. The van der Waals surface area contributed by atoms with Crippen LogP contribution < -0.4 is 10.6 Å². The van der Waals surface area contributed by atoms with Gasteiger partial charge in [0.25, 0.3) is 0 Å². The Kier molecular flexibility index (Phi) is 4.87. The van der Waals surface area contributed by atoms with Crippen LogP contribution in [0.4, 0.5) is 19.0 Å². The topological polar surface area (TPSA) is 42.2 Å². The molecule has 1 unspecified atom stereocenters. The second kappa shape index (κ2) is 5.79. The van der Waals surface area contributed by atoms with E-state index < -0.39 is 11.9 Å². The Hall–Kier alpha value is -1.37. The molecule has 1 aromatic rings. The number of nitrogens with zero attached hydrogens (tertiary/aromatic N) is 2. The van der Waals surface area contributed by atoms with Crippen molar-refractivity contribution in [2.45, 2.75) is 39.9 Å². The third-order valence-electron chi connectivity index (χ3n) is 3.60. The minimum absolute atomic E-state index is 0.0270. The van der Waals surface area contributed by atoms with E-state index in [1.165, 1.54) is 6.07 Å². The first-order valence-electron chi connectivity index (χ1n) is 6.46. The fraction of sp³-hybridized carbons (Fsp3) is 0.571. The second-order valence-electron chi connectivity index (χ2n) is 6.08. The summed E-state index contributed by atoms with van der Waals surface area (Å²) >= 11 is 4.92. The Morgan fingerprint density at radius 3 is 2.19 bits per heavy atom. The quantitative estimate of drug-likeness (QED) is 0.864. The summed E-state index contributed by atoms with van der Waals surface area (Å²) in [7, 11) is 1.69. The largest absolute Gasteiger partial charge is 0.433 e. The smallest absolute Gasteiger partial charge is 0.389 e. The van der Waals surface area contributed by atoms with Crippen molar-refractivity contribution in [1.82, 2.24) is 4.98 Å². The van der Waals surface area contributed by atoms with Crippen LogP contribution in [0.5, 0.6) is 0 Å². The second-order valence-corrected chi connectivity index (χ2v) is 6.52. The summed E-state index contributed by atoms with van der Waals surface area (Å²) < 4.78 is 38.6. The zero-order valence-electron chi connectivity index (χ0n) is 12.7. The van der Waals surface area contributed by atoms with Gasteiger partial charge in [-0.05, 0) is 24.5 Å². The van der Waals surface area contributed by atoms with Crippen LogP contribution in [0.25, 0.3) is 0 Å². The molecule has 118 valence electrons. The van der Waals surface area contributed by atoms with Gasteiger partial charge >= 0.3 is 6.18 Å². The molecule has 0 aliphatic rings. The number of halogens is 3. The Morgan fingerprint density at radius 2 is 1.81 bits per heavy atom. The molecule has 1 atom stereocenters. The van der Waals surface area contributed by atoms with Crippen molar-refractivity contribution in [3.05, 3.63) is 23.4 Å². The molecule has 0 aliphatic heterocycles. The van der Waals surface area contributed by atoms with Crippen LogP contribution >= 0.6 is 12.2 Å². The zero-order valence-corrected chi connectivity index (χ0v) is 13.6. The fourth-order valence-corrected chi connectivity index (χ4v) is 1.99. The molecule has 0 fully saturated rings. The molecule has 1 rings (SSSR count). The third kappa shape index (κ3) is 4.06. The maximum Gasteiger partial charge on any atom is 0.433 e. The minimum atomic E-state index is -4.50. The summed E-state index contributed by atoms with van der Waals surface area (Å²) in [5.74, 6) is 0.153. The van der Waals surface area contributed by atoms with Gasteiger partial charge in [-0.1, -0.05) is 33.0 Å². The van der Waals surface area contributed by atoms with Crippen molar-refractivity contribution in [3.63, 3.8) is 0 Å². The van der Waals surface area contributed by atoms with Gasteiger partial charge in [0, 0.05) is 13.1 Å². The molecule has 0 saturated carbocycles. The van der Waals surface area contributed by atoms with Crippen LogP contribution in [0, 0.1) is 5.41 Å². The van der Waals surface area contributed by atoms with Gasteiger partial charge in [0.05, 0.1) is 5.56 Å². The molecule has 0 aliphatic carbocycles. The summed E-state index contributed by atoms with van der Waals surface area (Å²) in [4.78, 5) is 5.44. The van der Waals surface area contributed by atoms with E-state index in [1.807, 2.05) is 27.7 Å². The van der Waals surface area contributed by atoms with E-state index in [0.717, 1.165) is 6.07 Å². The maximum atomic E-state index is 12.9. The molecule has 21 heavy (non-hydrogen) atoms. The summed E-state index contributed by atoms with van der Waals surface area (Å²) in [6, 6.07) is 2.12. The van der Waals surface area contributed by atoms with E-state index in [2.05, 4.69) is 4.98 Å². The predicted octanol–water partition coefficient (Wildman–Crippen LogP) is 3.61. The number of alkyl halides is 3. The van der Waals surface area contributed by atoms with Crippen molar-refractivity contribution in [1.29, 1.82) is 0 Å². The molecule has 0 spiro atoms. The van der Waals surface area contributed by atoms with Crippen LogP contribution in [0.2, 0.25) is 0 Å². The first-order valence-corrected chi connectivity index (χ1v) is 6.87. The van der Waals surface area contributed by atoms with Gasteiger partial charge in [0.1, 0.15) is 16.5 Å². The molecular weight excluding hydrogens is 299 g/mol. The summed E-state index contributed by atoms with van der Waals surface area (Å²) in [6.45, 7) is 7.93. The number of hydrogen-bond donors (Lipinski definition) is 1. The van der Waals surface area contributed by atoms with Gasteiger partial charge in [0.15, 0.2) is 0 Å². The monoisotopic (exact) mass is 319 g/mol. The summed E-state index contributed by atoms with van der Waals surface area (Å²) in [6.07, 6.45) is -4.50. The molecule has 0 bridgehead atoms. The molecule has 7 heteroatoms. The first-order chi connectivity index (χ1) is 9.35. The van der Waals surface area contributed by atoms with Gasteiger partial charge in [-0.3, -0.25) is 0 Å². The molecule has 3 nitrogen and oxygen atoms in total. The van der Waals surface area contributed by atoms with Gasteiger partial charge in [-0.25, -0.2) is 4.98 Å². The molecule has 1 heterocycles. The lowest BCUT2D eigenvalue weighted by Gasteiger charge is -2.37. The van der Waals surface area contributed by atoms with Crippen molar-refractivity contribution in [2.24, 2.45) is 11.1 Å². The lowest BCUT2D eigenvalue weighted by molar-refractivity contribution is -0.141. The van der Waals surface area contributed by atoms with E-state index in [1.54, 1.807) is 11.9 Å². The molecular formula is C14H20F3N3S. The van der Waals surface area contributed by atoms with Gasteiger partial charge in [-0.15, -0.1) is 0 Å². The number of rotatable bonds is 3. The zero-order chi connectivity index (χ0) is 16.6. The lowest BCUT2D eigenvalue weighted by Crippen LogP contribution is -2.41. The Bertz CT molecular complexity index is 535. The predicted molar refractivity (Wildman–Crippen MR) is 82.4 cm³/mol. The summed E-state index contributed by atoms with van der Waals surface area (Å²) in [5, 5.41) is 0. The molecule has 0 radical (unpaired) electrons. The van der Waals surface area contributed by atoms with E-state index in [4.69, 9.17) is 18.0 Å². The lowest BCUT2D eigenvalue weighted by atomic mass is 9.87. The average Bonchev–Trinajstić information content (AvgIpc) is 2.33. The van der Waals surface area contributed by atoms with Crippen LogP contribution in [-0.2, 0) is 6.18 Å². The van der Waals surface area contributed by atoms with E-state index in [9.17, 15) is 13.2 Å². The highest BCUT2D eigenvalue weighted by Gasteiger charge is 2.34. The Balaban J connectivity index is 3.40. The molecule has 1 aromatic heterocycles. The van der Waals surface area contributed by atoms with Crippen LogP contribution in [0.15, 0.2) is 12.1 Å². The van der Waals surface area contributed by atoms with Gasteiger partial charge in [0.2, 0.25) is 0 Å². The van der Waals surface area contributed by atoms with Crippen molar-refractivity contribution >= 4 is 23.0 Å². The Morgan fingerprint density at radius 1 is 1.29 bits per heavy atom. The van der Waals surface area contributed by atoms with Crippen molar-refractivity contribution in [2.75, 3.05) is 11.9 Å². The van der Waals surface area contributed by atoms with E-state index in [0.29, 0.717) is 5.56 Å². The van der Waals surface area contributed by atoms with Crippen LogP contribution in [0.3, 0.4) is 0 Å². The summed E-state index contributed by atoms with van der Waals surface area (Å²) in [5.41, 5.74) is 4.85. The van der Waals surface area contributed by atoms with Crippen molar-refractivity contribution < 1.29 is 13.2 Å². The SMILES string of the molecule is CC(N(C)c1nc(C(F)(F)F)ccc1C(N)=S)C(C)(C)C. The average molecular weight is 319 g/mol. The third-order valence-corrected chi connectivity index (χ3v) is 3.82.